The molecule has 0 atom stereocenters. The summed E-state index contributed by atoms with van der Waals surface area (Å²) in [7, 11) is 3.63. The normalized spacial score (nSPS) is 19.1. The Hall–Kier alpha value is -0.610. The van der Waals surface area contributed by atoms with Gasteiger partial charge in [-0.3, -0.25) is 9.69 Å². The Morgan fingerprint density at radius 2 is 1.62 bits per heavy atom. The lowest BCUT2D eigenvalue weighted by molar-refractivity contribution is -0.130. The highest BCUT2D eigenvalue weighted by molar-refractivity contribution is 5.77. The van der Waals surface area contributed by atoms with Crippen molar-refractivity contribution >= 4 is 5.91 Å². The fourth-order valence-corrected chi connectivity index (χ4v) is 1.98. The summed E-state index contributed by atoms with van der Waals surface area (Å²) in [6.45, 7) is 10.5. The number of hydrogen-bond acceptors (Lipinski definition) is 3. The number of nitrogens with zero attached hydrogens (tertiary/aromatic N) is 3. The van der Waals surface area contributed by atoms with Gasteiger partial charge in [-0.2, -0.15) is 0 Å². The molecule has 0 aromatic rings. The molecule has 1 aliphatic heterocycles. The highest BCUT2D eigenvalue weighted by atomic mass is 16.2. The maximum absolute atomic E-state index is 11.5. The second kappa shape index (κ2) is 6.21. The Morgan fingerprint density at radius 1 is 1.12 bits per heavy atom. The SMILES string of the molecule is CC(C)CN1CCN(CC(=O)N(C)C)CC1. The van der Waals surface area contributed by atoms with Crippen molar-refractivity contribution in [3.8, 4) is 0 Å². The van der Waals surface area contributed by atoms with Crippen LogP contribution in [0, 0.1) is 5.92 Å². The van der Waals surface area contributed by atoms with Crippen molar-refractivity contribution in [3.63, 3.8) is 0 Å². The van der Waals surface area contributed by atoms with Crippen LogP contribution in [-0.4, -0.2) is 74.0 Å². The molecule has 1 fully saturated rings. The van der Waals surface area contributed by atoms with Crippen molar-refractivity contribution in [2.24, 2.45) is 5.92 Å². The molecule has 0 radical (unpaired) electrons. The summed E-state index contributed by atoms with van der Waals surface area (Å²) in [6, 6.07) is 0. The van der Waals surface area contributed by atoms with Crippen LogP contribution in [0.4, 0.5) is 0 Å². The molecule has 0 aromatic carbocycles. The van der Waals surface area contributed by atoms with Crippen LogP contribution in [0.15, 0.2) is 0 Å². The lowest BCUT2D eigenvalue weighted by Crippen LogP contribution is -2.49. The highest BCUT2D eigenvalue weighted by Crippen LogP contribution is 2.05. The minimum atomic E-state index is 0.206. The molecule has 1 rings (SSSR count). The average molecular weight is 227 g/mol. The molecule has 1 aliphatic rings. The van der Waals surface area contributed by atoms with Gasteiger partial charge in [-0.1, -0.05) is 13.8 Å². The molecule has 0 bridgehead atoms. The number of carbonyl (C=O) groups is 1. The van der Waals surface area contributed by atoms with E-state index >= 15 is 0 Å². The predicted octanol–water partition coefficient (Wildman–Crippen LogP) is 0.348. The molecule has 1 heterocycles. The fraction of sp³-hybridized carbons (Fsp3) is 0.917. The van der Waals surface area contributed by atoms with Gasteiger partial charge >= 0.3 is 0 Å². The predicted molar refractivity (Wildman–Crippen MR) is 66.4 cm³/mol. The third-order valence-electron chi connectivity index (χ3n) is 2.95. The molecule has 0 spiro atoms. The average Bonchev–Trinajstić information content (AvgIpc) is 2.20. The molecule has 4 nitrogen and oxygen atoms in total. The summed E-state index contributed by atoms with van der Waals surface area (Å²) in [5.74, 6) is 0.937. The second-order valence-corrected chi connectivity index (χ2v) is 5.26. The first-order valence-corrected chi connectivity index (χ1v) is 6.14. The highest BCUT2D eigenvalue weighted by Gasteiger charge is 2.19. The Bertz CT molecular complexity index is 220. The molecule has 1 saturated heterocycles. The standard InChI is InChI=1S/C12H25N3O/c1-11(2)9-14-5-7-15(8-6-14)10-12(16)13(3)4/h11H,5-10H2,1-4H3. The van der Waals surface area contributed by atoms with Gasteiger partial charge < -0.3 is 9.80 Å². The summed E-state index contributed by atoms with van der Waals surface area (Å²) < 4.78 is 0. The van der Waals surface area contributed by atoms with Gasteiger partial charge in [0.05, 0.1) is 6.54 Å². The van der Waals surface area contributed by atoms with Crippen LogP contribution in [0.3, 0.4) is 0 Å². The molecule has 16 heavy (non-hydrogen) atoms. The van der Waals surface area contributed by atoms with E-state index in [1.807, 2.05) is 14.1 Å². The van der Waals surface area contributed by atoms with Crippen molar-refractivity contribution in [2.45, 2.75) is 13.8 Å². The first kappa shape index (κ1) is 13.5. The van der Waals surface area contributed by atoms with Crippen LogP contribution in [0.5, 0.6) is 0 Å². The van der Waals surface area contributed by atoms with Gasteiger partial charge in [0.25, 0.3) is 0 Å². The maximum atomic E-state index is 11.5. The topological polar surface area (TPSA) is 26.8 Å². The second-order valence-electron chi connectivity index (χ2n) is 5.26. The van der Waals surface area contributed by atoms with Gasteiger partial charge in [-0.25, -0.2) is 0 Å². The molecule has 0 aliphatic carbocycles. The van der Waals surface area contributed by atoms with E-state index in [9.17, 15) is 4.79 Å². The van der Waals surface area contributed by atoms with Crippen molar-refractivity contribution in [2.75, 3.05) is 53.4 Å². The Kier molecular flexibility index (Phi) is 5.22. The van der Waals surface area contributed by atoms with E-state index in [1.54, 1.807) is 4.90 Å². The van der Waals surface area contributed by atoms with E-state index in [2.05, 4.69) is 23.6 Å². The number of rotatable bonds is 4. The molecule has 0 N–H and O–H groups in total. The summed E-state index contributed by atoms with van der Waals surface area (Å²) in [4.78, 5) is 17.9. The molecule has 0 saturated carbocycles. The Balaban J connectivity index is 2.24. The zero-order valence-electron chi connectivity index (χ0n) is 11.1. The smallest absolute Gasteiger partial charge is 0.236 e. The van der Waals surface area contributed by atoms with E-state index in [0.717, 1.165) is 32.1 Å². The summed E-state index contributed by atoms with van der Waals surface area (Å²) >= 11 is 0. The molecule has 4 heteroatoms. The zero-order valence-corrected chi connectivity index (χ0v) is 11.1. The monoisotopic (exact) mass is 227 g/mol. The van der Waals surface area contributed by atoms with Gasteiger partial charge in [0.15, 0.2) is 0 Å². The number of piperazine rings is 1. The van der Waals surface area contributed by atoms with E-state index in [0.29, 0.717) is 6.54 Å². The van der Waals surface area contributed by atoms with Crippen molar-refractivity contribution in [1.29, 1.82) is 0 Å². The fourth-order valence-electron chi connectivity index (χ4n) is 1.98. The third kappa shape index (κ3) is 4.49. The Morgan fingerprint density at radius 3 is 2.06 bits per heavy atom. The van der Waals surface area contributed by atoms with Crippen LogP contribution in [0.2, 0.25) is 0 Å². The summed E-state index contributed by atoms with van der Waals surface area (Å²) in [5.41, 5.74) is 0. The van der Waals surface area contributed by atoms with E-state index in [4.69, 9.17) is 0 Å². The minimum Gasteiger partial charge on any atom is -0.348 e. The van der Waals surface area contributed by atoms with Crippen molar-refractivity contribution in [1.82, 2.24) is 14.7 Å². The molecule has 0 aromatic heterocycles. The van der Waals surface area contributed by atoms with E-state index < -0.39 is 0 Å². The van der Waals surface area contributed by atoms with Crippen molar-refractivity contribution in [3.05, 3.63) is 0 Å². The quantitative estimate of drug-likeness (QED) is 0.693. The molecule has 1 amide bonds. The van der Waals surface area contributed by atoms with Gasteiger partial charge in [0.2, 0.25) is 5.91 Å². The van der Waals surface area contributed by atoms with Gasteiger partial charge in [0, 0.05) is 46.8 Å². The number of carbonyl (C=O) groups excluding carboxylic acids is 1. The molecular weight excluding hydrogens is 202 g/mol. The number of likely N-dealkylation sites (N-methyl/N-ethyl adjacent to an activating group) is 1. The van der Waals surface area contributed by atoms with Crippen LogP contribution >= 0.6 is 0 Å². The van der Waals surface area contributed by atoms with E-state index in [1.165, 1.54) is 6.54 Å². The van der Waals surface area contributed by atoms with Gasteiger partial charge in [-0.15, -0.1) is 0 Å². The van der Waals surface area contributed by atoms with Crippen LogP contribution in [0.1, 0.15) is 13.8 Å². The largest absolute Gasteiger partial charge is 0.348 e. The summed E-state index contributed by atoms with van der Waals surface area (Å²) in [6.07, 6.45) is 0. The summed E-state index contributed by atoms with van der Waals surface area (Å²) in [5, 5.41) is 0. The minimum absolute atomic E-state index is 0.206. The van der Waals surface area contributed by atoms with Crippen molar-refractivity contribution < 1.29 is 4.79 Å². The van der Waals surface area contributed by atoms with Gasteiger partial charge in [0.1, 0.15) is 0 Å². The maximum Gasteiger partial charge on any atom is 0.236 e. The van der Waals surface area contributed by atoms with Crippen LogP contribution in [0.25, 0.3) is 0 Å². The first-order valence-electron chi connectivity index (χ1n) is 6.14. The lowest BCUT2D eigenvalue weighted by Gasteiger charge is -2.35. The Labute approximate surface area is 99.2 Å². The lowest BCUT2D eigenvalue weighted by atomic mass is 10.2. The first-order chi connectivity index (χ1) is 7.49. The van der Waals surface area contributed by atoms with Crippen LogP contribution in [-0.2, 0) is 4.79 Å². The third-order valence-corrected chi connectivity index (χ3v) is 2.95. The van der Waals surface area contributed by atoms with Crippen LogP contribution < -0.4 is 0 Å². The molecule has 0 unspecified atom stereocenters. The molecule has 94 valence electrons. The zero-order chi connectivity index (χ0) is 12.1. The van der Waals surface area contributed by atoms with E-state index in [-0.39, 0.29) is 5.91 Å². The van der Waals surface area contributed by atoms with Gasteiger partial charge in [-0.05, 0) is 5.92 Å². The number of hydrogen-bond donors (Lipinski definition) is 0. The molecular formula is C12H25N3O. The number of amides is 1.